The molecular weight excluding hydrogens is 141 g/mol. The minimum atomic E-state index is -3.51. The molecule has 0 fully saturated rings. The Morgan fingerprint density at radius 2 is 1.78 bits per heavy atom. The predicted octanol–water partition coefficient (Wildman–Crippen LogP) is 0.248. The van der Waals surface area contributed by atoms with Crippen molar-refractivity contribution in [3.05, 3.63) is 0 Å². The van der Waals surface area contributed by atoms with Gasteiger partial charge in [0.05, 0.1) is 0 Å². The van der Waals surface area contributed by atoms with Crippen LogP contribution in [0.1, 0.15) is 0 Å². The number of halogens is 3. The number of alkyl halides is 2. The maximum atomic E-state index is 11.0. The van der Waals surface area contributed by atoms with E-state index in [0.29, 0.717) is 0 Å². The maximum Gasteiger partial charge on any atom is 0.420 e. The van der Waals surface area contributed by atoms with E-state index in [9.17, 15) is 22.9 Å². The Morgan fingerprint density at radius 3 is 1.89 bits per heavy atom. The third-order valence-electron chi connectivity index (χ3n) is 0.469. The van der Waals surface area contributed by atoms with Crippen LogP contribution in [0.25, 0.3) is 0 Å². The average Bonchev–Trinajstić information content (AvgIpc) is 1.84. The van der Waals surface area contributed by atoms with Gasteiger partial charge >= 0.3 is 18.2 Å². The van der Waals surface area contributed by atoms with Crippen LogP contribution in [0, 0.1) is 0 Å². The van der Waals surface area contributed by atoms with E-state index in [1.165, 1.54) is 0 Å². The molecule has 0 saturated heterocycles. The highest BCUT2D eigenvalue weighted by Crippen LogP contribution is 1.95. The molecular formula is C3HF3O3. The summed E-state index contributed by atoms with van der Waals surface area (Å²) in [5.41, 5.74) is 0. The third kappa shape index (κ3) is 2.11. The number of Topliss-reactive ketones (excluding diaryl/α,β-unsaturated/α-hetero) is 1. The van der Waals surface area contributed by atoms with E-state index in [4.69, 9.17) is 0 Å². The normalized spacial score (nSPS) is 9.33. The summed E-state index contributed by atoms with van der Waals surface area (Å²) in [7, 11) is 0. The van der Waals surface area contributed by atoms with Gasteiger partial charge < -0.3 is 0 Å². The summed E-state index contributed by atoms with van der Waals surface area (Å²) in [5, 5.41) is 0. The number of hydrogen-bond acceptors (Lipinski definition) is 3. The van der Waals surface area contributed by atoms with Gasteiger partial charge in [-0.05, 0) is 0 Å². The van der Waals surface area contributed by atoms with E-state index in [2.05, 4.69) is 4.94 Å². The molecule has 52 valence electrons. The summed E-state index contributed by atoms with van der Waals surface area (Å²) in [4.78, 5) is 21.3. The van der Waals surface area contributed by atoms with Gasteiger partial charge in [0.2, 0.25) is 0 Å². The van der Waals surface area contributed by atoms with Crippen molar-refractivity contribution in [2.45, 2.75) is 6.43 Å². The molecule has 0 bridgehead atoms. The monoisotopic (exact) mass is 142 g/mol. The van der Waals surface area contributed by atoms with Crippen LogP contribution in [0.3, 0.4) is 0 Å². The highest BCUT2D eigenvalue weighted by atomic mass is 19.3. The first-order chi connectivity index (χ1) is 4.09. The highest BCUT2D eigenvalue weighted by Gasteiger charge is 2.26. The van der Waals surface area contributed by atoms with E-state index in [1.54, 1.807) is 0 Å². The molecule has 0 rings (SSSR count). The Hall–Kier alpha value is -1.07. The van der Waals surface area contributed by atoms with Crippen molar-refractivity contribution >= 4 is 11.8 Å². The summed E-state index contributed by atoms with van der Waals surface area (Å²) in [6, 6.07) is 0. The number of carbonyl (C=O) groups excluding carboxylic acids is 2. The van der Waals surface area contributed by atoms with Gasteiger partial charge in [0.1, 0.15) is 0 Å². The Bertz CT molecular complexity index is 132. The third-order valence-corrected chi connectivity index (χ3v) is 0.469. The van der Waals surface area contributed by atoms with Gasteiger partial charge in [-0.25, -0.2) is 18.5 Å². The standard InChI is InChI=1S/C3HF3O3/c4-2(5)1(7)3(8)9-6/h2H. The highest BCUT2D eigenvalue weighted by molar-refractivity contribution is 6.34. The molecule has 0 spiro atoms. The average molecular weight is 142 g/mol. The molecule has 0 radical (unpaired) electrons. The first kappa shape index (κ1) is 7.93. The molecule has 0 aromatic carbocycles. The Morgan fingerprint density at radius 1 is 1.33 bits per heavy atom. The van der Waals surface area contributed by atoms with Gasteiger partial charge in [-0.3, -0.25) is 4.79 Å². The SMILES string of the molecule is O=C(OF)C(=O)C(F)F. The predicted molar refractivity (Wildman–Crippen MR) is 18.2 cm³/mol. The van der Waals surface area contributed by atoms with Gasteiger partial charge in [-0.2, -0.15) is 0 Å². The zero-order chi connectivity index (χ0) is 7.44. The van der Waals surface area contributed by atoms with Crippen molar-refractivity contribution in [3.8, 4) is 0 Å². The summed E-state index contributed by atoms with van der Waals surface area (Å²) < 4.78 is 32.7. The lowest BCUT2D eigenvalue weighted by molar-refractivity contribution is -0.188. The first-order valence-electron chi connectivity index (χ1n) is 1.74. The minimum Gasteiger partial charge on any atom is -0.280 e. The number of carbonyl (C=O) groups is 2. The lowest BCUT2D eigenvalue weighted by Gasteiger charge is -1.89. The second-order valence-electron chi connectivity index (χ2n) is 1.03. The summed E-state index contributed by atoms with van der Waals surface area (Å²) in [6.07, 6.45) is -3.51. The summed E-state index contributed by atoms with van der Waals surface area (Å²) in [6.45, 7) is 0. The lowest BCUT2D eigenvalue weighted by Crippen LogP contribution is -2.21. The van der Waals surface area contributed by atoms with Crippen LogP contribution in [-0.4, -0.2) is 18.2 Å². The molecule has 0 atom stereocenters. The van der Waals surface area contributed by atoms with Crippen LogP contribution in [0.15, 0.2) is 0 Å². The van der Waals surface area contributed by atoms with Gasteiger partial charge in [0, 0.05) is 4.53 Å². The summed E-state index contributed by atoms with van der Waals surface area (Å²) >= 11 is 0. The molecule has 0 heterocycles. The molecule has 6 heteroatoms. The van der Waals surface area contributed by atoms with Crippen molar-refractivity contribution in [1.29, 1.82) is 0 Å². The van der Waals surface area contributed by atoms with Crippen molar-refractivity contribution < 1.29 is 27.8 Å². The van der Waals surface area contributed by atoms with Gasteiger partial charge in [0.25, 0.3) is 0 Å². The van der Waals surface area contributed by atoms with E-state index in [-0.39, 0.29) is 0 Å². The fraction of sp³-hybridized carbons (Fsp3) is 0.333. The van der Waals surface area contributed by atoms with Crippen molar-refractivity contribution in [1.82, 2.24) is 0 Å². The van der Waals surface area contributed by atoms with Crippen LogP contribution >= 0.6 is 0 Å². The lowest BCUT2D eigenvalue weighted by atomic mass is 10.4. The fourth-order valence-electron chi connectivity index (χ4n) is 0.127. The second-order valence-corrected chi connectivity index (χ2v) is 1.03. The van der Waals surface area contributed by atoms with Crippen LogP contribution in [0.5, 0.6) is 0 Å². The van der Waals surface area contributed by atoms with E-state index in [1.807, 2.05) is 0 Å². The molecule has 9 heavy (non-hydrogen) atoms. The molecule has 0 aromatic heterocycles. The number of ketones is 1. The Balaban J connectivity index is 3.89. The molecule has 0 amide bonds. The van der Waals surface area contributed by atoms with Gasteiger partial charge in [0.15, 0.2) is 0 Å². The molecule has 0 aliphatic heterocycles. The molecule has 3 nitrogen and oxygen atoms in total. The molecule has 0 N–H and O–H groups in total. The van der Waals surface area contributed by atoms with Crippen LogP contribution in [0.4, 0.5) is 13.3 Å². The van der Waals surface area contributed by atoms with Crippen molar-refractivity contribution in [2.75, 3.05) is 0 Å². The smallest absolute Gasteiger partial charge is 0.280 e. The Kier molecular flexibility index (Phi) is 2.69. The zero-order valence-electron chi connectivity index (χ0n) is 3.94. The van der Waals surface area contributed by atoms with E-state index >= 15 is 0 Å². The quantitative estimate of drug-likeness (QED) is 0.519. The molecule has 0 saturated carbocycles. The molecule has 0 aliphatic carbocycles. The van der Waals surface area contributed by atoms with Crippen LogP contribution < -0.4 is 0 Å². The van der Waals surface area contributed by atoms with E-state index < -0.39 is 18.2 Å². The van der Waals surface area contributed by atoms with Crippen molar-refractivity contribution in [2.24, 2.45) is 0 Å². The molecule has 0 aromatic rings. The number of hydrogen-bond donors (Lipinski definition) is 0. The maximum absolute atomic E-state index is 11.0. The zero-order valence-corrected chi connectivity index (χ0v) is 3.94. The molecule has 0 unspecified atom stereocenters. The van der Waals surface area contributed by atoms with Gasteiger partial charge in [-0.15, -0.1) is 0 Å². The fourth-order valence-corrected chi connectivity index (χ4v) is 0.127. The molecule has 0 aliphatic rings. The minimum absolute atomic E-state index is 2.18. The first-order valence-corrected chi connectivity index (χ1v) is 1.74. The van der Waals surface area contributed by atoms with Crippen LogP contribution in [0.2, 0.25) is 0 Å². The van der Waals surface area contributed by atoms with E-state index in [0.717, 1.165) is 0 Å². The largest absolute Gasteiger partial charge is 0.420 e. The Labute approximate surface area is 47.3 Å². The van der Waals surface area contributed by atoms with Crippen molar-refractivity contribution in [3.63, 3.8) is 0 Å². The summed E-state index contributed by atoms with van der Waals surface area (Å²) in [5.74, 6) is -4.36. The van der Waals surface area contributed by atoms with Crippen LogP contribution in [-0.2, 0) is 14.5 Å². The van der Waals surface area contributed by atoms with Gasteiger partial charge in [-0.1, -0.05) is 0 Å². The number of rotatable bonds is 2. The topological polar surface area (TPSA) is 43.4 Å². The second kappa shape index (κ2) is 3.06.